The fourth-order valence-corrected chi connectivity index (χ4v) is 5.73. The highest BCUT2D eigenvalue weighted by Gasteiger charge is 2.27. The first kappa shape index (κ1) is 19.9. The Morgan fingerprint density at radius 1 is 0.724 bits per heavy atom. The fraction of sp³-hybridized carbons (Fsp3) is 0.280. The van der Waals surface area contributed by atoms with E-state index in [2.05, 4.69) is 17.4 Å². The van der Waals surface area contributed by atoms with Gasteiger partial charge in [-0.25, -0.2) is 8.42 Å². The first-order chi connectivity index (χ1) is 14.2. The third-order valence-corrected chi connectivity index (χ3v) is 7.56. The zero-order chi connectivity index (χ0) is 20.1. The maximum absolute atomic E-state index is 13.5. The summed E-state index contributed by atoms with van der Waals surface area (Å²) in [5.74, 6) is 0. The van der Waals surface area contributed by atoms with Crippen LogP contribution in [0.4, 0.5) is 0 Å². The lowest BCUT2D eigenvalue weighted by Gasteiger charge is -2.30. The van der Waals surface area contributed by atoms with Gasteiger partial charge in [0.25, 0.3) is 0 Å². The summed E-state index contributed by atoms with van der Waals surface area (Å²) in [5.41, 5.74) is 1.90. The average Bonchev–Trinajstić information content (AvgIpc) is 2.79. The number of benzene rings is 3. The SMILES string of the molecule is O=S(=O)(c1ccccc1)c1ccccc1C(NC1CCCCC1)c1ccccc1. The molecule has 3 nitrogen and oxygen atoms in total. The zero-order valence-corrected chi connectivity index (χ0v) is 17.3. The molecule has 150 valence electrons. The molecule has 29 heavy (non-hydrogen) atoms. The molecule has 4 rings (SSSR count). The van der Waals surface area contributed by atoms with Crippen LogP contribution in [0.2, 0.25) is 0 Å². The van der Waals surface area contributed by atoms with Crippen molar-refractivity contribution in [3.63, 3.8) is 0 Å². The van der Waals surface area contributed by atoms with Crippen LogP contribution in [0, 0.1) is 0 Å². The minimum Gasteiger partial charge on any atom is -0.303 e. The predicted octanol–water partition coefficient (Wildman–Crippen LogP) is 5.53. The van der Waals surface area contributed by atoms with Crippen LogP contribution in [-0.2, 0) is 9.84 Å². The van der Waals surface area contributed by atoms with Crippen molar-refractivity contribution in [2.24, 2.45) is 0 Å². The molecule has 0 aliphatic heterocycles. The summed E-state index contributed by atoms with van der Waals surface area (Å²) in [6.07, 6.45) is 6.01. The maximum Gasteiger partial charge on any atom is 0.206 e. The predicted molar refractivity (Wildman–Crippen MR) is 117 cm³/mol. The minimum absolute atomic E-state index is 0.158. The van der Waals surface area contributed by atoms with E-state index in [4.69, 9.17) is 0 Å². The Labute approximate surface area is 173 Å². The van der Waals surface area contributed by atoms with Crippen LogP contribution in [0.15, 0.2) is 94.7 Å². The zero-order valence-electron chi connectivity index (χ0n) is 16.5. The first-order valence-electron chi connectivity index (χ1n) is 10.4. The smallest absolute Gasteiger partial charge is 0.206 e. The molecule has 4 heteroatoms. The van der Waals surface area contributed by atoms with Crippen molar-refractivity contribution in [3.8, 4) is 0 Å². The summed E-state index contributed by atoms with van der Waals surface area (Å²) in [4.78, 5) is 0.709. The molecule has 0 bridgehead atoms. The molecular weight excluding hydrogens is 378 g/mol. The lowest BCUT2D eigenvalue weighted by molar-refractivity contribution is 0.353. The van der Waals surface area contributed by atoms with E-state index in [0.717, 1.165) is 24.0 Å². The number of sulfone groups is 1. The maximum atomic E-state index is 13.5. The minimum atomic E-state index is -3.60. The van der Waals surface area contributed by atoms with Crippen molar-refractivity contribution in [1.82, 2.24) is 5.32 Å². The molecule has 1 aliphatic carbocycles. The fourth-order valence-electron chi connectivity index (χ4n) is 4.21. The highest BCUT2D eigenvalue weighted by atomic mass is 32.2. The summed E-state index contributed by atoms with van der Waals surface area (Å²) in [5, 5.41) is 3.79. The molecule has 1 N–H and O–H groups in total. The third-order valence-electron chi connectivity index (χ3n) is 5.71. The second-order valence-corrected chi connectivity index (χ2v) is 9.62. The molecule has 1 saturated carbocycles. The number of nitrogens with one attached hydrogen (secondary N) is 1. The summed E-state index contributed by atoms with van der Waals surface area (Å²) in [6.45, 7) is 0. The Kier molecular flexibility index (Phi) is 6.12. The van der Waals surface area contributed by atoms with Gasteiger partial charge in [0.2, 0.25) is 9.84 Å². The van der Waals surface area contributed by atoms with Crippen LogP contribution >= 0.6 is 0 Å². The highest BCUT2D eigenvalue weighted by Crippen LogP contribution is 2.33. The van der Waals surface area contributed by atoms with Crippen molar-refractivity contribution >= 4 is 9.84 Å². The van der Waals surface area contributed by atoms with Gasteiger partial charge in [-0.3, -0.25) is 0 Å². The van der Waals surface area contributed by atoms with Gasteiger partial charge in [0.05, 0.1) is 15.8 Å². The van der Waals surface area contributed by atoms with Gasteiger partial charge in [-0.15, -0.1) is 0 Å². The number of hydrogen-bond donors (Lipinski definition) is 1. The quantitative estimate of drug-likeness (QED) is 0.586. The summed E-state index contributed by atoms with van der Waals surface area (Å²) < 4.78 is 26.9. The van der Waals surface area contributed by atoms with Gasteiger partial charge in [-0.05, 0) is 42.2 Å². The molecule has 1 fully saturated rings. The molecule has 1 aliphatic rings. The van der Waals surface area contributed by atoms with Gasteiger partial charge in [-0.2, -0.15) is 0 Å². The van der Waals surface area contributed by atoms with Crippen LogP contribution in [0.1, 0.15) is 49.3 Å². The topological polar surface area (TPSA) is 46.2 Å². The molecule has 3 aromatic rings. The van der Waals surface area contributed by atoms with E-state index >= 15 is 0 Å². The van der Waals surface area contributed by atoms with E-state index < -0.39 is 9.84 Å². The van der Waals surface area contributed by atoms with Crippen LogP contribution in [0.3, 0.4) is 0 Å². The Morgan fingerprint density at radius 2 is 1.31 bits per heavy atom. The summed E-state index contributed by atoms with van der Waals surface area (Å²) in [7, 11) is -3.60. The monoisotopic (exact) mass is 405 g/mol. The third kappa shape index (κ3) is 4.44. The van der Waals surface area contributed by atoms with E-state index in [1.165, 1.54) is 19.3 Å². The Morgan fingerprint density at radius 3 is 2.00 bits per heavy atom. The molecule has 0 spiro atoms. The van der Waals surface area contributed by atoms with Gasteiger partial charge in [0, 0.05) is 6.04 Å². The van der Waals surface area contributed by atoms with Gasteiger partial charge < -0.3 is 5.32 Å². The van der Waals surface area contributed by atoms with Crippen molar-refractivity contribution in [3.05, 3.63) is 96.1 Å². The number of hydrogen-bond acceptors (Lipinski definition) is 3. The molecule has 0 radical (unpaired) electrons. The molecule has 1 unspecified atom stereocenters. The van der Waals surface area contributed by atoms with E-state index in [1.807, 2.05) is 42.5 Å². The van der Waals surface area contributed by atoms with Crippen molar-refractivity contribution < 1.29 is 8.42 Å². The largest absolute Gasteiger partial charge is 0.303 e. The Bertz CT molecular complexity index is 1030. The lowest BCUT2D eigenvalue weighted by Crippen LogP contribution is -2.35. The van der Waals surface area contributed by atoms with Crippen LogP contribution in [0.5, 0.6) is 0 Å². The van der Waals surface area contributed by atoms with E-state index in [1.54, 1.807) is 30.3 Å². The molecule has 0 saturated heterocycles. The van der Waals surface area contributed by atoms with Crippen molar-refractivity contribution in [2.45, 2.75) is 54.0 Å². The van der Waals surface area contributed by atoms with Crippen molar-refractivity contribution in [1.29, 1.82) is 0 Å². The van der Waals surface area contributed by atoms with E-state index in [-0.39, 0.29) is 6.04 Å². The lowest BCUT2D eigenvalue weighted by atomic mass is 9.92. The van der Waals surface area contributed by atoms with Gasteiger partial charge in [-0.1, -0.05) is 86.0 Å². The van der Waals surface area contributed by atoms with E-state index in [9.17, 15) is 8.42 Å². The van der Waals surface area contributed by atoms with Gasteiger partial charge in [0.1, 0.15) is 0 Å². The average molecular weight is 406 g/mol. The Balaban J connectivity index is 1.79. The number of rotatable bonds is 6. The van der Waals surface area contributed by atoms with Crippen LogP contribution < -0.4 is 5.32 Å². The van der Waals surface area contributed by atoms with Crippen molar-refractivity contribution in [2.75, 3.05) is 0 Å². The first-order valence-corrected chi connectivity index (χ1v) is 11.8. The standard InChI is InChI=1S/C25H27NO2S/c27-29(28,22-16-8-3-9-17-22)24-19-11-10-18-23(24)25(20-12-4-1-5-13-20)26-21-14-6-2-7-15-21/h1,3-5,8-13,16-19,21,25-26H,2,6-7,14-15H2. The summed E-state index contributed by atoms with van der Waals surface area (Å²) in [6, 6.07) is 26.5. The molecule has 1 atom stereocenters. The van der Waals surface area contributed by atoms with E-state index in [0.29, 0.717) is 15.8 Å². The molecule has 3 aromatic carbocycles. The van der Waals surface area contributed by atoms with Crippen LogP contribution in [-0.4, -0.2) is 14.5 Å². The second kappa shape index (κ2) is 8.93. The molecular formula is C25H27NO2S. The second-order valence-electron chi connectivity index (χ2n) is 7.70. The normalized spacial score (nSPS) is 16.4. The summed E-state index contributed by atoms with van der Waals surface area (Å²) >= 11 is 0. The highest BCUT2D eigenvalue weighted by molar-refractivity contribution is 7.91. The Hall–Kier alpha value is -2.43. The van der Waals surface area contributed by atoms with Gasteiger partial charge >= 0.3 is 0 Å². The van der Waals surface area contributed by atoms with Crippen LogP contribution in [0.25, 0.3) is 0 Å². The molecule has 0 amide bonds. The molecule has 0 heterocycles. The van der Waals surface area contributed by atoms with Gasteiger partial charge in [0.15, 0.2) is 0 Å². The molecule has 0 aromatic heterocycles.